The molecule has 5 heteroatoms. The molecular weight excluding hydrogens is 233 g/mol. The first-order chi connectivity index (χ1) is 7.84. The van der Waals surface area contributed by atoms with E-state index in [1.165, 1.54) is 32.2 Å². The summed E-state index contributed by atoms with van der Waals surface area (Å²) >= 11 is 0. The maximum atomic E-state index is 12.4. The van der Waals surface area contributed by atoms with Crippen molar-refractivity contribution in [3.8, 4) is 0 Å². The van der Waals surface area contributed by atoms with Crippen molar-refractivity contribution in [3.63, 3.8) is 0 Å². The van der Waals surface area contributed by atoms with E-state index in [0.717, 1.165) is 12.1 Å². The Labute approximate surface area is 96.7 Å². The summed E-state index contributed by atoms with van der Waals surface area (Å²) in [6, 6.07) is 4.73. The topological polar surface area (TPSA) is 26.3 Å². The Morgan fingerprint density at radius 1 is 1.35 bits per heavy atom. The Kier molecular flexibility index (Phi) is 3.93. The molecule has 0 bridgehead atoms. The van der Waals surface area contributed by atoms with Crippen LogP contribution in [-0.2, 0) is 15.7 Å². The van der Waals surface area contributed by atoms with Gasteiger partial charge in [0.05, 0.1) is 12.7 Å². The first kappa shape index (κ1) is 13.3. The number of benzene rings is 1. The summed E-state index contributed by atoms with van der Waals surface area (Å²) < 4.78 is 41.7. The molecule has 0 atom stereocenters. The van der Waals surface area contributed by atoms with Crippen LogP contribution in [0.2, 0.25) is 0 Å². The van der Waals surface area contributed by atoms with Gasteiger partial charge in [0, 0.05) is 5.57 Å². The first-order valence-electron chi connectivity index (χ1n) is 4.78. The number of alkyl halides is 3. The molecule has 0 aromatic heterocycles. The smallest absolute Gasteiger partial charge is 0.416 e. The van der Waals surface area contributed by atoms with Crippen molar-refractivity contribution < 1.29 is 22.7 Å². The monoisotopic (exact) mass is 244 g/mol. The molecule has 0 saturated heterocycles. The zero-order valence-electron chi connectivity index (χ0n) is 9.34. The molecule has 0 N–H and O–H groups in total. The first-order valence-corrected chi connectivity index (χ1v) is 4.78. The Balaban J connectivity index is 3.05. The molecule has 1 rings (SSSR count). The van der Waals surface area contributed by atoms with Crippen LogP contribution in [0.3, 0.4) is 0 Å². The predicted octanol–water partition coefficient (Wildman–Crippen LogP) is 3.28. The minimum atomic E-state index is -4.39. The van der Waals surface area contributed by atoms with E-state index in [4.69, 9.17) is 0 Å². The fourth-order valence-corrected chi connectivity index (χ4v) is 1.27. The van der Waals surface area contributed by atoms with E-state index >= 15 is 0 Å². The Hall–Kier alpha value is -1.78. The fraction of sp³-hybridized carbons (Fsp3) is 0.250. The highest BCUT2D eigenvalue weighted by atomic mass is 19.4. The number of carbonyl (C=O) groups excluding carboxylic acids is 1. The lowest BCUT2D eigenvalue weighted by molar-refractivity contribution is -0.137. The van der Waals surface area contributed by atoms with Crippen molar-refractivity contribution in [1.29, 1.82) is 0 Å². The van der Waals surface area contributed by atoms with Crippen LogP contribution >= 0.6 is 0 Å². The van der Waals surface area contributed by atoms with E-state index < -0.39 is 17.7 Å². The van der Waals surface area contributed by atoms with Crippen molar-refractivity contribution in [2.75, 3.05) is 7.11 Å². The second-order valence-corrected chi connectivity index (χ2v) is 3.44. The Bertz CT molecular complexity index is 447. The Morgan fingerprint density at radius 3 is 2.53 bits per heavy atom. The second kappa shape index (κ2) is 5.03. The highest BCUT2D eigenvalue weighted by molar-refractivity contribution is 5.92. The SMILES string of the molecule is COC(=O)/C(C)=C/c1cccc(C(F)(F)F)c1. The van der Waals surface area contributed by atoms with E-state index in [1.54, 1.807) is 0 Å². The standard InChI is InChI=1S/C12H11F3O2/c1-8(11(16)17-2)6-9-4-3-5-10(7-9)12(13,14)15/h3-7H,1-2H3/b8-6+. The third-order valence-electron chi connectivity index (χ3n) is 2.10. The summed E-state index contributed by atoms with van der Waals surface area (Å²) in [6.45, 7) is 1.48. The van der Waals surface area contributed by atoms with Gasteiger partial charge in [-0.3, -0.25) is 0 Å². The molecule has 0 fully saturated rings. The molecule has 17 heavy (non-hydrogen) atoms. The van der Waals surface area contributed by atoms with Crippen molar-refractivity contribution in [2.45, 2.75) is 13.1 Å². The van der Waals surface area contributed by atoms with Gasteiger partial charge in [-0.2, -0.15) is 13.2 Å². The normalized spacial score (nSPS) is 12.4. The lowest BCUT2D eigenvalue weighted by Gasteiger charge is -2.07. The highest BCUT2D eigenvalue weighted by Gasteiger charge is 2.30. The van der Waals surface area contributed by atoms with Crippen LogP contribution < -0.4 is 0 Å². The van der Waals surface area contributed by atoms with Crippen molar-refractivity contribution in [1.82, 2.24) is 0 Å². The lowest BCUT2D eigenvalue weighted by atomic mass is 10.1. The van der Waals surface area contributed by atoms with Gasteiger partial charge in [0.1, 0.15) is 0 Å². The van der Waals surface area contributed by atoms with E-state index in [1.807, 2.05) is 0 Å². The van der Waals surface area contributed by atoms with Gasteiger partial charge in [-0.15, -0.1) is 0 Å². The summed E-state index contributed by atoms with van der Waals surface area (Å²) in [5.41, 5.74) is -0.196. The molecule has 0 aliphatic rings. The molecule has 0 spiro atoms. The molecule has 0 aliphatic heterocycles. The zero-order valence-corrected chi connectivity index (χ0v) is 9.34. The molecule has 2 nitrogen and oxygen atoms in total. The third kappa shape index (κ3) is 3.62. The predicted molar refractivity (Wildman–Crippen MR) is 57.1 cm³/mol. The molecule has 0 aliphatic carbocycles. The molecule has 1 aromatic carbocycles. The summed E-state index contributed by atoms with van der Waals surface area (Å²) in [5.74, 6) is -0.567. The fourth-order valence-electron chi connectivity index (χ4n) is 1.27. The van der Waals surface area contributed by atoms with Gasteiger partial charge in [0.15, 0.2) is 0 Å². The number of halogens is 3. The summed E-state index contributed by atoms with van der Waals surface area (Å²) in [4.78, 5) is 11.1. The lowest BCUT2D eigenvalue weighted by Crippen LogP contribution is -2.05. The van der Waals surface area contributed by atoms with Crippen molar-refractivity contribution in [2.24, 2.45) is 0 Å². The third-order valence-corrected chi connectivity index (χ3v) is 2.10. The number of methoxy groups -OCH3 is 1. The number of hydrogen-bond donors (Lipinski definition) is 0. The molecule has 0 radical (unpaired) electrons. The Morgan fingerprint density at radius 2 is 2.00 bits per heavy atom. The number of esters is 1. The minimum Gasteiger partial charge on any atom is -0.466 e. The van der Waals surface area contributed by atoms with Crippen LogP contribution in [0.5, 0.6) is 0 Å². The van der Waals surface area contributed by atoms with Crippen molar-refractivity contribution in [3.05, 3.63) is 41.0 Å². The van der Waals surface area contributed by atoms with Crippen molar-refractivity contribution >= 4 is 12.0 Å². The maximum absolute atomic E-state index is 12.4. The van der Waals surface area contributed by atoms with Crippen LogP contribution in [-0.4, -0.2) is 13.1 Å². The molecule has 92 valence electrons. The van der Waals surface area contributed by atoms with Gasteiger partial charge in [-0.05, 0) is 30.7 Å². The summed E-state index contributed by atoms with van der Waals surface area (Å²) in [7, 11) is 1.21. The number of hydrogen-bond acceptors (Lipinski definition) is 2. The van der Waals surface area contributed by atoms with Crippen LogP contribution in [0, 0.1) is 0 Å². The van der Waals surface area contributed by atoms with Crippen LogP contribution in [0.1, 0.15) is 18.1 Å². The van der Waals surface area contributed by atoms with Gasteiger partial charge in [0.25, 0.3) is 0 Å². The highest BCUT2D eigenvalue weighted by Crippen LogP contribution is 2.29. The molecule has 0 saturated carbocycles. The number of ether oxygens (including phenoxy) is 1. The largest absolute Gasteiger partial charge is 0.466 e. The average Bonchev–Trinajstić information content (AvgIpc) is 2.27. The molecule has 0 amide bonds. The van der Waals surface area contributed by atoms with Gasteiger partial charge in [-0.25, -0.2) is 4.79 Å². The van der Waals surface area contributed by atoms with E-state index in [0.29, 0.717) is 5.56 Å². The molecule has 1 aromatic rings. The summed E-state index contributed by atoms with van der Waals surface area (Å²) in [6.07, 6.45) is -3.04. The summed E-state index contributed by atoms with van der Waals surface area (Å²) in [5, 5.41) is 0. The molecule has 0 unspecified atom stereocenters. The minimum absolute atomic E-state index is 0.242. The maximum Gasteiger partial charge on any atom is 0.416 e. The van der Waals surface area contributed by atoms with Crippen LogP contribution in [0.15, 0.2) is 29.8 Å². The van der Waals surface area contributed by atoms with E-state index in [2.05, 4.69) is 4.74 Å². The number of rotatable bonds is 2. The average molecular weight is 244 g/mol. The van der Waals surface area contributed by atoms with Gasteiger partial charge < -0.3 is 4.74 Å². The number of carbonyl (C=O) groups is 1. The van der Waals surface area contributed by atoms with Gasteiger partial charge >= 0.3 is 12.1 Å². The van der Waals surface area contributed by atoms with E-state index in [-0.39, 0.29) is 5.57 Å². The molecule has 0 heterocycles. The van der Waals surface area contributed by atoms with Crippen LogP contribution in [0.4, 0.5) is 13.2 Å². The van der Waals surface area contributed by atoms with E-state index in [9.17, 15) is 18.0 Å². The quantitative estimate of drug-likeness (QED) is 0.589. The molecular formula is C12H11F3O2. The van der Waals surface area contributed by atoms with Gasteiger partial charge in [0.2, 0.25) is 0 Å². The van der Waals surface area contributed by atoms with Crippen LogP contribution in [0.25, 0.3) is 6.08 Å². The zero-order chi connectivity index (χ0) is 13.1. The second-order valence-electron chi connectivity index (χ2n) is 3.44. The van der Waals surface area contributed by atoms with Gasteiger partial charge in [-0.1, -0.05) is 12.1 Å².